The predicted molar refractivity (Wildman–Crippen MR) is 88.9 cm³/mol. The molecule has 0 unspecified atom stereocenters. The standard InChI is InChI=1S/C17H15ClN2O2S/c1-11-2-8-14(9-3-11)23(21,22)16-15(17(16,20)10-19)12-4-6-13(18)7-5-12/h2-9,15-16H,20H2,1H3/t15-,16+,17-/m0/s1. The third-order valence-corrected chi connectivity index (χ3v) is 6.80. The summed E-state index contributed by atoms with van der Waals surface area (Å²) in [6.45, 7) is 1.88. The summed E-state index contributed by atoms with van der Waals surface area (Å²) in [5.74, 6) is -0.559. The van der Waals surface area contributed by atoms with Gasteiger partial charge >= 0.3 is 0 Å². The largest absolute Gasteiger partial charge is 0.312 e. The van der Waals surface area contributed by atoms with E-state index in [1.54, 1.807) is 48.5 Å². The smallest absolute Gasteiger partial charge is 0.184 e. The Labute approximate surface area is 140 Å². The molecule has 2 aromatic carbocycles. The molecule has 0 radical (unpaired) electrons. The first-order chi connectivity index (χ1) is 10.8. The Morgan fingerprint density at radius 1 is 1.13 bits per heavy atom. The van der Waals surface area contributed by atoms with Crippen LogP contribution in [0.4, 0.5) is 0 Å². The van der Waals surface area contributed by atoms with Crippen molar-refractivity contribution in [2.45, 2.75) is 28.5 Å². The molecule has 0 aliphatic heterocycles. The van der Waals surface area contributed by atoms with Gasteiger partial charge in [0.05, 0.1) is 11.0 Å². The number of hydrogen-bond donors (Lipinski definition) is 1. The predicted octanol–water partition coefficient (Wildman–Crippen LogP) is 2.81. The maximum Gasteiger partial charge on any atom is 0.184 e. The molecule has 0 amide bonds. The lowest BCUT2D eigenvalue weighted by atomic mass is 10.1. The van der Waals surface area contributed by atoms with Crippen molar-refractivity contribution in [3.05, 3.63) is 64.7 Å². The summed E-state index contributed by atoms with van der Waals surface area (Å²) >= 11 is 5.86. The molecule has 0 aromatic heterocycles. The van der Waals surface area contributed by atoms with E-state index in [4.69, 9.17) is 17.3 Å². The maximum atomic E-state index is 12.9. The molecule has 118 valence electrons. The monoisotopic (exact) mass is 346 g/mol. The molecule has 6 heteroatoms. The Hall–Kier alpha value is -1.87. The van der Waals surface area contributed by atoms with E-state index < -0.39 is 26.5 Å². The third-order valence-electron chi connectivity index (χ3n) is 4.29. The number of nitrogens with zero attached hydrogens (tertiary/aromatic N) is 1. The van der Waals surface area contributed by atoms with Gasteiger partial charge in [0.1, 0.15) is 10.8 Å². The fourth-order valence-electron chi connectivity index (χ4n) is 2.94. The molecule has 1 fully saturated rings. The molecule has 3 atom stereocenters. The van der Waals surface area contributed by atoms with Crippen LogP contribution in [0.25, 0.3) is 0 Å². The minimum Gasteiger partial charge on any atom is -0.312 e. The van der Waals surface area contributed by atoms with E-state index in [1.807, 2.05) is 13.0 Å². The second-order valence-corrected chi connectivity index (χ2v) is 8.36. The van der Waals surface area contributed by atoms with Gasteiger partial charge in [-0.3, -0.25) is 0 Å². The number of sulfone groups is 1. The summed E-state index contributed by atoms with van der Waals surface area (Å²) in [7, 11) is -3.69. The molecule has 4 nitrogen and oxygen atoms in total. The van der Waals surface area contributed by atoms with E-state index in [9.17, 15) is 13.7 Å². The number of nitriles is 1. The van der Waals surface area contributed by atoms with Crippen molar-refractivity contribution in [3.8, 4) is 6.07 Å². The molecular weight excluding hydrogens is 332 g/mol. The highest BCUT2D eigenvalue weighted by atomic mass is 35.5. The van der Waals surface area contributed by atoms with Crippen LogP contribution in [0.15, 0.2) is 53.4 Å². The van der Waals surface area contributed by atoms with Crippen molar-refractivity contribution in [2.75, 3.05) is 0 Å². The highest BCUT2D eigenvalue weighted by Gasteiger charge is 2.70. The Morgan fingerprint density at radius 2 is 1.70 bits per heavy atom. The van der Waals surface area contributed by atoms with Gasteiger partial charge in [0.2, 0.25) is 0 Å². The van der Waals surface area contributed by atoms with E-state index in [0.29, 0.717) is 10.6 Å². The van der Waals surface area contributed by atoms with Gasteiger partial charge in [0.15, 0.2) is 9.84 Å². The first-order valence-corrected chi connectivity index (χ1v) is 8.99. The van der Waals surface area contributed by atoms with Gasteiger partial charge in [-0.1, -0.05) is 41.4 Å². The number of hydrogen-bond acceptors (Lipinski definition) is 4. The molecule has 0 saturated heterocycles. The van der Waals surface area contributed by atoms with Crippen molar-refractivity contribution in [1.82, 2.24) is 0 Å². The lowest BCUT2D eigenvalue weighted by Crippen LogP contribution is -2.29. The van der Waals surface area contributed by atoms with Crippen LogP contribution in [0.5, 0.6) is 0 Å². The second-order valence-electron chi connectivity index (χ2n) is 5.85. The minimum absolute atomic E-state index is 0.189. The van der Waals surface area contributed by atoms with Gasteiger partial charge in [-0.15, -0.1) is 0 Å². The molecule has 2 aromatic rings. The third kappa shape index (κ3) is 2.53. The Morgan fingerprint density at radius 3 is 2.22 bits per heavy atom. The van der Waals surface area contributed by atoms with E-state index in [1.165, 1.54) is 0 Å². The number of halogens is 1. The van der Waals surface area contributed by atoms with Crippen LogP contribution in [0.2, 0.25) is 5.02 Å². The Kier molecular flexibility index (Phi) is 3.72. The van der Waals surface area contributed by atoms with Crippen LogP contribution in [-0.4, -0.2) is 19.2 Å². The number of aryl methyl sites for hydroxylation is 1. The molecule has 0 bridgehead atoms. The zero-order valence-corrected chi connectivity index (χ0v) is 14.0. The molecule has 23 heavy (non-hydrogen) atoms. The van der Waals surface area contributed by atoms with Crippen LogP contribution in [0.3, 0.4) is 0 Å². The van der Waals surface area contributed by atoms with Crippen molar-refractivity contribution in [1.29, 1.82) is 5.26 Å². The Bertz CT molecular complexity index is 886. The molecule has 3 rings (SSSR count). The van der Waals surface area contributed by atoms with Gasteiger partial charge in [0, 0.05) is 10.9 Å². The van der Waals surface area contributed by atoms with Crippen molar-refractivity contribution in [3.63, 3.8) is 0 Å². The summed E-state index contributed by atoms with van der Waals surface area (Å²) in [5.41, 5.74) is 6.34. The Balaban J connectivity index is 2.03. The molecule has 0 spiro atoms. The molecule has 2 N–H and O–H groups in total. The summed E-state index contributed by atoms with van der Waals surface area (Å²) in [5, 5.41) is 9.00. The van der Waals surface area contributed by atoms with Gasteiger partial charge in [-0.2, -0.15) is 5.26 Å². The molecule has 1 aliphatic carbocycles. The molecule has 1 saturated carbocycles. The summed E-state index contributed by atoms with van der Waals surface area (Å²) in [6.07, 6.45) is 0. The maximum absolute atomic E-state index is 12.9. The number of rotatable bonds is 3. The normalized spacial score (nSPS) is 26.5. The van der Waals surface area contributed by atoms with Gasteiger partial charge < -0.3 is 5.73 Å². The molecular formula is C17H15ClN2O2S. The average Bonchev–Trinajstić information content (AvgIpc) is 3.16. The van der Waals surface area contributed by atoms with E-state index in [2.05, 4.69) is 0 Å². The lowest BCUT2D eigenvalue weighted by molar-refractivity contribution is 0.592. The van der Waals surface area contributed by atoms with Gasteiger partial charge in [-0.05, 0) is 36.8 Å². The second kappa shape index (κ2) is 5.34. The van der Waals surface area contributed by atoms with Crippen LogP contribution < -0.4 is 5.73 Å². The van der Waals surface area contributed by atoms with Crippen LogP contribution >= 0.6 is 11.6 Å². The first kappa shape index (κ1) is 16.0. The first-order valence-electron chi connectivity index (χ1n) is 7.07. The van der Waals surface area contributed by atoms with Gasteiger partial charge in [-0.25, -0.2) is 8.42 Å². The topological polar surface area (TPSA) is 83.9 Å². The number of nitrogens with two attached hydrogens (primary N) is 1. The summed E-state index contributed by atoms with van der Waals surface area (Å²) in [6, 6.07) is 15.3. The summed E-state index contributed by atoms with van der Waals surface area (Å²) in [4.78, 5) is 0.189. The van der Waals surface area contributed by atoms with Crippen LogP contribution in [0, 0.1) is 18.3 Å². The van der Waals surface area contributed by atoms with Crippen molar-refractivity contribution in [2.24, 2.45) is 5.73 Å². The lowest BCUT2D eigenvalue weighted by Gasteiger charge is -2.05. The van der Waals surface area contributed by atoms with E-state index >= 15 is 0 Å². The van der Waals surface area contributed by atoms with Crippen LogP contribution in [0.1, 0.15) is 17.0 Å². The molecule has 1 aliphatic rings. The summed E-state index contributed by atoms with van der Waals surface area (Å²) < 4.78 is 25.7. The fourth-order valence-corrected chi connectivity index (χ4v) is 5.25. The zero-order valence-electron chi connectivity index (χ0n) is 12.4. The zero-order chi connectivity index (χ0) is 16.8. The van der Waals surface area contributed by atoms with E-state index in [0.717, 1.165) is 5.56 Å². The average molecular weight is 347 g/mol. The minimum atomic E-state index is -3.69. The quantitative estimate of drug-likeness (QED) is 0.926. The number of benzene rings is 2. The van der Waals surface area contributed by atoms with Crippen molar-refractivity contribution >= 4 is 21.4 Å². The van der Waals surface area contributed by atoms with Crippen molar-refractivity contribution < 1.29 is 8.42 Å². The highest BCUT2D eigenvalue weighted by molar-refractivity contribution is 7.92. The van der Waals surface area contributed by atoms with Gasteiger partial charge in [0.25, 0.3) is 0 Å². The van der Waals surface area contributed by atoms with E-state index in [-0.39, 0.29) is 4.90 Å². The SMILES string of the molecule is Cc1ccc(S(=O)(=O)[C@@H]2[C@H](c3ccc(Cl)cc3)[C@@]2(N)C#N)cc1. The highest BCUT2D eigenvalue weighted by Crippen LogP contribution is 2.55. The fraction of sp³-hybridized carbons (Fsp3) is 0.235. The van der Waals surface area contributed by atoms with Crippen LogP contribution in [-0.2, 0) is 9.84 Å². The molecule has 0 heterocycles.